The standard InChI is InChI=1S/C54H74N2O9.2BrH/c1-9-26-56(29-23-38-35-48(62-7)49(63-8)36-40(38)42(56)32-37-17-20-44(58-3)47(33-37)61-6)27-15-13-11-10-12-14-16-31-64-50(57)24-28-55(2)30-25-54-41-19-22-46(60-5)53(54)65-52-45(59-4)21-18-39(51(52)54)34-43(41)55;;/h9,17-22,33,35-36,41-43,46,53H,1,10-16,23-32,34H2,2-8H3;2*1H/q+2;;/p-2/t41?,42-,43-,46+,53?,54?,55?,56?;;/m1../s1. The number of likely N-dealkylation sites (tertiary alicyclic amines) is 1. The van der Waals surface area contributed by atoms with Gasteiger partial charge in [-0.25, -0.2) is 0 Å². The molecule has 0 radical (unpaired) electrons. The van der Waals surface area contributed by atoms with Crippen LogP contribution in [0.4, 0.5) is 0 Å². The van der Waals surface area contributed by atoms with Gasteiger partial charge in [-0.2, -0.15) is 0 Å². The van der Waals surface area contributed by atoms with Crippen LogP contribution < -0.4 is 62.4 Å². The van der Waals surface area contributed by atoms with Crippen molar-refractivity contribution in [1.82, 2.24) is 0 Å². The number of nitrogens with zero attached hydrogens (tertiary/aromatic N) is 2. The molecule has 3 heterocycles. The molecule has 11 nitrogen and oxygen atoms in total. The molecule has 13 heteroatoms. The van der Waals surface area contributed by atoms with Crippen molar-refractivity contribution in [2.75, 3.05) is 89.0 Å². The smallest absolute Gasteiger partial charge is 0.311 e. The minimum absolute atomic E-state index is 0. The van der Waals surface area contributed by atoms with Gasteiger partial charge in [0.05, 0.1) is 93.8 Å². The maximum Gasteiger partial charge on any atom is 0.311 e. The molecule has 0 aromatic heterocycles. The fourth-order valence-corrected chi connectivity index (χ4v) is 12.8. The highest BCUT2D eigenvalue weighted by atomic mass is 79.9. The predicted molar refractivity (Wildman–Crippen MR) is 253 cm³/mol. The molecule has 0 N–H and O–H groups in total. The summed E-state index contributed by atoms with van der Waals surface area (Å²) in [6, 6.07) is 15.5. The van der Waals surface area contributed by atoms with Crippen molar-refractivity contribution in [2.45, 2.75) is 107 Å². The summed E-state index contributed by atoms with van der Waals surface area (Å²) >= 11 is 0. The molecule has 3 aliphatic heterocycles. The summed E-state index contributed by atoms with van der Waals surface area (Å²) in [4.78, 5) is 13.2. The fraction of sp³-hybridized carbons (Fsp3) is 0.574. The number of methoxy groups -OCH3 is 6. The largest absolute Gasteiger partial charge is 1.00 e. The van der Waals surface area contributed by atoms with Crippen LogP contribution in [0.1, 0.15) is 91.6 Å². The van der Waals surface area contributed by atoms with Crippen LogP contribution in [0, 0.1) is 5.92 Å². The van der Waals surface area contributed by atoms with Crippen molar-refractivity contribution in [2.24, 2.45) is 5.92 Å². The molecule has 3 aromatic carbocycles. The zero-order chi connectivity index (χ0) is 45.8. The zero-order valence-corrected chi connectivity index (χ0v) is 44.1. The molecule has 0 amide bonds. The molecular formula is C54H74Br2N2O9. The van der Waals surface area contributed by atoms with E-state index in [1.54, 1.807) is 42.7 Å². The van der Waals surface area contributed by atoms with Crippen molar-refractivity contribution in [3.8, 4) is 34.5 Å². The summed E-state index contributed by atoms with van der Waals surface area (Å²) in [5.74, 6) is 4.98. The van der Waals surface area contributed by atoms with Crippen LogP contribution in [0.2, 0.25) is 0 Å². The number of piperidine rings is 1. The van der Waals surface area contributed by atoms with E-state index in [9.17, 15) is 4.79 Å². The predicted octanol–water partition coefficient (Wildman–Crippen LogP) is 2.92. The second-order valence-corrected chi connectivity index (χ2v) is 19.4. The molecule has 3 aromatic rings. The maximum atomic E-state index is 13.2. The maximum absolute atomic E-state index is 13.2. The molecule has 8 atom stereocenters. The van der Waals surface area contributed by atoms with Crippen molar-refractivity contribution in [1.29, 1.82) is 0 Å². The Kier molecular flexibility index (Phi) is 17.9. The first-order valence-corrected chi connectivity index (χ1v) is 24.1. The zero-order valence-electron chi connectivity index (χ0n) is 40.9. The van der Waals surface area contributed by atoms with Crippen molar-refractivity contribution >= 4 is 5.97 Å². The topological polar surface area (TPSA) is 90.9 Å². The lowest BCUT2D eigenvalue weighted by molar-refractivity contribution is -0.954. The second-order valence-electron chi connectivity index (χ2n) is 19.4. The van der Waals surface area contributed by atoms with Crippen molar-refractivity contribution < 1.29 is 85.6 Å². The number of unbranched alkanes of at least 4 members (excludes halogenated alkanes) is 6. The van der Waals surface area contributed by atoms with Gasteiger partial charge >= 0.3 is 5.97 Å². The third-order valence-corrected chi connectivity index (χ3v) is 16.2. The molecular weight excluding hydrogens is 980 g/mol. The van der Waals surface area contributed by atoms with Gasteiger partial charge in [-0.3, -0.25) is 4.79 Å². The summed E-state index contributed by atoms with van der Waals surface area (Å²) < 4.78 is 49.0. The monoisotopic (exact) mass is 1050 g/mol. The molecule has 0 saturated carbocycles. The van der Waals surface area contributed by atoms with Crippen molar-refractivity contribution in [3.05, 3.63) is 95.1 Å². The van der Waals surface area contributed by atoms with Crippen LogP contribution in [0.3, 0.4) is 0 Å². The lowest BCUT2D eigenvalue weighted by Gasteiger charge is -2.60. The Labute approximate surface area is 420 Å². The van der Waals surface area contributed by atoms with Crippen LogP contribution >= 0.6 is 0 Å². The average Bonchev–Trinajstić information content (AvgIpc) is 3.68. The molecule has 67 heavy (non-hydrogen) atoms. The number of halogens is 2. The van der Waals surface area contributed by atoms with E-state index < -0.39 is 0 Å². The normalized spacial score (nSPS) is 26.9. The highest BCUT2D eigenvalue weighted by molar-refractivity contribution is 5.69. The number of fused-ring (bicyclic) bond motifs is 1. The Morgan fingerprint density at radius 1 is 0.776 bits per heavy atom. The SMILES string of the molecule is C=CC[N+]1(CCCCCCCCCOC(=O)CC[N+]2(C)CCC34c5c6ccc(OC)c5OC3[C@@H](OC)C=CC4[C@H]2C6)CCc2cc(OC)c(OC)cc2[C@H]1Cc1ccc(OC)c(OC)c1.[Br-].[Br-]. The first kappa shape index (κ1) is 52.6. The Hall–Kier alpha value is -3.75. The summed E-state index contributed by atoms with van der Waals surface area (Å²) in [7, 11) is 12.6. The second kappa shape index (κ2) is 22.8. The van der Waals surface area contributed by atoms with Crippen LogP contribution in [-0.2, 0) is 38.9 Å². The average molecular weight is 1050 g/mol. The minimum atomic E-state index is -0.132. The third kappa shape index (κ3) is 10.0. The van der Waals surface area contributed by atoms with Crippen molar-refractivity contribution in [3.63, 3.8) is 0 Å². The number of benzene rings is 3. The Morgan fingerprint density at radius 2 is 1.45 bits per heavy atom. The Morgan fingerprint density at radius 3 is 2.15 bits per heavy atom. The van der Waals surface area contributed by atoms with E-state index in [2.05, 4.69) is 68.3 Å². The first-order valence-electron chi connectivity index (χ1n) is 24.1. The number of rotatable bonds is 23. The van der Waals surface area contributed by atoms with E-state index in [1.807, 2.05) is 6.07 Å². The highest BCUT2D eigenvalue weighted by Crippen LogP contribution is 2.63. The molecule has 5 aliphatic rings. The molecule has 2 aliphatic carbocycles. The number of carbonyl (C=O) groups excluding carboxylic acids is 1. The van der Waals surface area contributed by atoms with Gasteiger partial charge in [0, 0.05) is 49.8 Å². The lowest BCUT2D eigenvalue weighted by atomic mass is 9.52. The molecule has 1 spiro atoms. The first-order chi connectivity index (χ1) is 31.6. The highest BCUT2D eigenvalue weighted by Gasteiger charge is 2.68. The number of ether oxygens (including phenoxy) is 8. The van der Waals surface area contributed by atoms with Crippen LogP contribution in [0.15, 0.2) is 67.3 Å². The summed E-state index contributed by atoms with van der Waals surface area (Å²) in [5.41, 5.74) is 6.42. The minimum Gasteiger partial charge on any atom is -1.00 e. The molecule has 2 bridgehead atoms. The quantitative estimate of drug-likeness (QED) is 0.0617. The molecule has 5 unspecified atom stereocenters. The number of esters is 1. The van der Waals surface area contributed by atoms with Gasteiger partial charge in [0.15, 0.2) is 34.5 Å². The van der Waals surface area contributed by atoms with Gasteiger partial charge in [-0.15, -0.1) is 0 Å². The molecule has 1 fully saturated rings. The van der Waals surface area contributed by atoms with Gasteiger partial charge < -0.3 is 80.8 Å². The number of quaternary nitrogens is 2. The summed E-state index contributed by atoms with van der Waals surface area (Å²) in [6.07, 6.45) is 18.6. The Bertz CT molecular complexity index is 2220. The van der Waals surface area contributed by atoms with Gasteiger partial charge in [-0.05, 0) is 72.4 Å². The van der Waals surface area contributed by atoms with E-state index >= 15 is 0 Å². The molecule has 8 rings (SSSR count). The number of hydrogen-bond acceptors (Lipinski definition) is 9. The van der Waals surface area contributed by atoms with E-state index in [1.165, 1.54) is 47.1 Å². The third-order valence-electron chi connectivity index (χ3n) is 16.2. The van der Waals surface area contributed by atoms with Gasteiger partial charge in [0.2, 0.25) is 0 Å². The van der Waals surface area contributed by atoms with Gasteiger partial charge in [-0.1, -0.05) is 56.5 Å². The van der Waals surface area contributed by atoms with E-state index in [0.717, 1.165) is 128 Å². The Balaban J connectivity index is 0.00000370. The number of hydrogen-bond donors (Lipinski definition) is 0. The van der Waals surface area contributed by atoms with Crippen LogP contribution in [0.5, 0.6) is 34.5 Å². The van der Waals surface area contributed by atoms with Crippen LogP contribution in [-0.4, -0.2) is 122 Å². The van der Waals surface area contributed by atoms with Crippen LogP contribution in [0.25, 0.3) is 0 Å². The van der Waals surface area contributed by atoms with E-state index in [4.69, 9.17) is 37.9 Å². The summed E-state index contributed by atoms with van der Waals surface area (Å²) in [5, 5.41) is 0. The van der Waals surface area contributed by atoms with E-state index in [-0.39, 0.29) is 63.6 Å². The lowest BCUT2D eigenvalue weighted by Crippen LogP contribution is -3.00. The summed E-state index contributed by atoms with van der Waals surface area (Å²) in [6.45, 7) is 9.53. The van der Waals surface area contributed by atoms with Gasteiger partial charge in [0.25, 0.3) is 0 Å². The number of likely N-dealkylation sites (N-methyl/N-ethyl adjacent to an activating group) is 1. The fourth-order valence-electron chi connectivity index (χ4n) is 12.8. The molecule has 1 saturated heterocycles. The van der Waals surface area contributed by atoms with Gasteiger partial charge in [0.1, 0.15) is 24.3 Å². The van der Waals surface area contributed by atoms with E-state index in [0.29, 0.717) is 25.0 Å². The number of carbonyl (C=O) groups is 1. The molecule has 368 valence electrons.